The summed E-state index contributed by atoms with van der Waals surface area (Å²) in [6.07, 6.45) is 8.87. The fourth-order valence-electron chi connectivity index (χ4n) is 2.53. The van der Waals surface area contributed by atoms with E-state index in [-0.39, 0.29) is 18.8 Å². The summed E-state index contributed by atoms with van der Waals surface area (Å²) < 4.78 is 31.0. The molecule has 0 heterocycles. The molecule has 1 aliphatic rings. The predicted molar refractivity (Wildman–Crippen MR) is 114 cm³/mol. The smallest absolute Gasteiger partial charge is 0.248 e. The van der Waals surface area contributed by atoms with Crippen molar-refractivity contribution in [3.8, 4) is 11.8 Å². The van der Waals surface area contributed by atoms with E-state index < -0.39 is 5.92 Å². The van der Waals surface area contributed by atoms with E-state index in [9.17, 15) is 8.78 Å². The first kappa shape index (κ1) is 26.1. The Hall–Kier alpha value is -1.89. The Morgan fingerprint density at radius 1 is 1.21 bits per heavy atom. The highest BCUT2D eigenvalue weighted by molar-refractivity contribution is 5.34. The van der Waals surface area contributed by atoms with Gasteiger partial charge in [-0.2, -0.15) is 5.26 Å². The molecule has 1 unspecified atom stereocenters. The molecule has 1 atom stereocenters. The summed E-state index contributed by atoms with van der Waals surface area (Å²) in [6, 6.07) is 8.99. The molecule has 4 heteroatoms. The number of halogens is 2. The fraction of sp³-hybridized carbons (Fsp3) is 0.625. The summed E-state index contributed by atoms with van der Waals surface area (Å²) in [5, 5.41) is 8.41. The predicted octanol–water partition coefficient (Wildman–Crippen LogP) is 7.93. The fourth-order valence-corrected chi connectivity index (χ4v) is 2.53. The highest BCUT2D eigenvalue weighted by atomic mass is 19.3. The standard InChI is InChI=1S/C10H20F2.C8H7NO.C6H10/c1-4-6-7-10(11,12)8-9(3)5-2;1-10-8-4-2-7(6-9)3-5-8;1-2-6-4-3-5-6/h9H,4-8H2,1-3H3;2-5H,1H3;2H,3-5H2,1H3. The van der Waals surface area contributed by atoms with Crippen molar-refractivity contribution in [2.75, 3.05) is 7.11 Å². The number of unbranched alkanes of at least 4 members (excludes halogenated alkanes) is 1. The average molecular weight is 394 g/mol. The van der Waals surface area contributed by atoms with Crippen LogP contribution in [-0.4, -0.2) is 13.0 Å². The number of benzene rings is 1. The summed E-state index contributed by atoms with van der Waals surface area (Å²) in [7, 11) is 1.60. The van der Waals surface area contributed by atoms with Gasteiger partial charge < -0.3 is 4.74 Å². The molecule has 28 heavy (non-hydrogen) atoms. The van der Waals surface area contributed by atoms with Gasteiger partial charge in [-0.25, -0.2) is 8.78 Å². The Labute approximate surface area is 170 Å². The number of hydrogen-bond donors (Lipinski definition) is 0. The van der Waals surface area contributed by atoms with Gasteiger partial charge in [0.2, 0.25) is 5.92 Å². The van der Waals surface area contributed by atoms with E-state index in [4.69, 9.17) is 10.00 Å². The number of hydrogen-bond acceptors (Lipinski definition) is 2. The zero-order valence-electron chi connectivity index (χ0n) is 18.2. The molecule has 1 fully saturated rings. The molecule has 0 amide bonds. The van der Waals surface area contributed by atoms with Gasteiger partial charge in [0, 0.05) is 12.8 Å². The topological polar surface area (TPSA) is 33.0 Å². The maximum Gasteiger partial charge on any atom is 0.248 e. The maximum atomic E-state index is 13.0. The molecule has 1 saturated carbocycles. The van der Waals surface area contributed by atoms with Crippen LogP contribution >= 0.6 is 0 Å². The quantitative estimate of drug-likeness (QED) is 0.441. The molecule has 2 nitrogen and oxygen atoms in total. The molecule has 0 aromatic heterocycles. The number of rotatable bonds is 7. The number of ether oxygens (including phenoxy) is 1. The van der Waals surface area contributed by atoms with E-state index in [0.717, 1.165) is 18.6 Å². The molecule has 0 saturated heterocycles. The first-order valence-corrected chi connectivity index (χ1v) is 10.4. The molecule has 1 aromatic rings. The first-order chi connectivity index (χ1) is 13.3. The summed E-state index contributed by atoms with van der Waals surface area (Å²) >= 11 is 0. The van der Waals surface area contributed by atoms with Crippen molar-refractivity contribution >= 4 is 0 Å². The van der Waals surface area contributed by atoms with Crippen LogP contribution in [0.5, 0.6) is 5.75 Å². The third-order valence-corrected chi connectivity index (χ3v) is 4.86. The second-order valence-corrected chi connectivity index (χ2v) is 7.32. The minimum Gasteiger partial charge on any atom is -0.497 e. The summed E-state index contributed by atoms with van der Waals surface area (Å²) in [5.41, 5.74) is 2.30. The Morgan fingerprint density at radius 3 is 2.14 bits per heavy atom. The highest BCUT2D eigenvalue weighted by Crippen LogP contribution is 2.30. The lowest BCUT2D eigenvalue weighted by Gasteiger charge is -2.19. The number of methoxy groups -OCH3 is 1. The maximum absolute atomic E-state index is 13.0. The molecule has 0 aliphatic heterocycles. The van der Waals surface area contributed by atoms with Gasteiger partial charge in [-0.1, -0.05) is 45.3 Å². The third-order valence-electron chi connectivity index (χ3n) is 4.86. The van der Waals surface area contributed by atoms with Gasteiger partial charge in [-0.15, -0.1) is 0 Å². The van der Waals surface area contributed by atoms with Gasteiger partial charge >= 0.3 is 0 Å². The van der Waals surface area contributed by atoms with E-state index in [1.165, 1.54) is 19.3 Å². The number of nitrogens with zero attached hydrogens (tertiary/aromatic N) is 1. The first-order valence-electron chi connectivity index (χ1n) is 10.4. The van der Waals surface area contributed by atoms with E-state index >= 15 is 0 Å². The second kappa shape index (κ2) is 15.1. The van der Waals surface area contributed by atoms with Crippen molar-refractivity contribution < 1.29 is 13.5 Å². The summed E-state index contributed by atoms with van der Waals surface area (Å²) in [4.78, 5) is 0. The van der Waals surface area contributed by atoms with Crippen LogP contribution in [0.1, 0.15) is 84.6 Å². The van der Waals surface area contributed by atoms with Crippen molar-refractivity contribution in [3.63, 3.8) is 0 Å². The molecule has 2 rings (SSSR count). The Bertz CT molecular complexity index is 582. The van der Waals surface area contributed by atoms with Gasteiger partial charge in [0.05, 0.1) is 18.7 Å². The second-order valence-electron chi connectivity index (χ2n) is 7.32. The Morgan fingerprint density at radius 2 is 1.82 bits per heavy atom. The van der Waals surface area contributed by atoms with Crippen molar-refractivity contribution in [1.82, 2.24) is 0 Å². The van der Waals surface area contributed by atoms with Crippen LogP contribution in [0.4, 0.5) is 8.78 Å². The van der Waals surface area contributed by atoms with Crippen LogP contribution in [0.3, 0.4) is 0 Å². The molecule has 0 radical (unpaired) electrons. The average Bonchev–Trinajstić information content (AvgIpc) is 2.66. The normalized spacial score (nSPS) is 13.6. The zero-order valence-corrected chi connectivity index (χ0v) is 18.2. The summed E-state index contributed by atoms with van der Waals surface area (Å²) in [6.45, 7) is 7.91. The monoisotopic (exact) mass is 393 g/mol. The number of allylic oxidation sites excluding steroid dienone is 2. The van der Waals surface area contributed by atoms with E-state index in [1.807, 2.05) is 26.8 Å². The van der Waals surface area contributed by atoms with Crippen LogP contribution in [0, 0.1) is 17.2 Å². The summed E-state index contributed by atoms with van der Waals surface area (Å²) in [5.74, 6) is -1.50. The Kier molecular flexibility index (Phi) is 14.1. The lowest BCUT2D eigenvalue weighted by molar-refractivity contribution is -0.0310. The Balaban J connectivity index is 0.000000409. The van der Waals surface area contributed by atoms with Crippen LogP contribution in [0.25, 0.3) is 0 Å². The molecule has 0 bridgehead atoms. The molecule has 1 aromatic carbocycles. The molecular formula is C24H37F2NO. The number of nitriles is 1. The van der Waals surface area contributed by atoms with Gasteiger partial charge in [-0.3, -0.25) is 0 Å². The van der Waals surface area contributed by atoms with Crippen molar-refractivity contribution in [2.45, 2.75) is 85.0 Å². The van der Waals surface area contributed by atoms with Gasteiger partial charge in [0.15, 0.2) is 0 Å². The lowest BCUT2D eigenvalue weighted by Crippen LogP contribution is -2.19. The van der Waals surface area contributed by atoms with Crippen molar-refractivity contribution in [3.05, 3.63) is 41.5 Å². The number of alkyl halides is 2. The van der Waals surface area contributed by atoms with Crippen molar-refractivity contribution in [1.29, 1.82) is 5.26 Å². The minimum absolute atomic E-state index is 0.0590. The van der Waals surface area contributed by atoms with Crippen LogP contribution in [0.15, 0.2) is 35.9 Å². The van der Waals surface area contributed by atoms with E-state index in [1.54, 1.807) is 36.9 Å². The molecule has 158 valence electrons. The van der Waals surface area contributed by atoms with Crippen LogP contribution in [-0.2, 0) is 0 Å². The highest BCUT2D eigenvalue weighted by Gasteiger charge is 2.29. The SMILES string of the molecule is CC=C1CCC1.CCCCC(F)(F)CC(C)CC.COc1ccc(C#N)cc1. The van der Waals surface area contributed by atoms with Gasteiger partial charge in [0.1, 0.15) is 5.75 Å². The molecular weight excluding hydrogens is 356 g/mol. The van der Waals surface area contributed by atoms with Crippen molar-refractivity contribution in [2.24, 2.45) is 5.92 Å². The van der Waals surface area contributed by atoms with E-state index in [2.05, 4.69) is 13.0 Å². The third kappa shape index (κ3) is 12.5. The van der Waals surface area contributed by atoms with Crippen LogP contribution in [0.2, 0.25) is 0 Å². The molecule has 0 N–H and O–H groups in total. The van der Waals surface area contributed by atoms with E-state index in [0.29, 0.717) is 12.0 Å². The molecule has 0 spiro atoms. The van der Waals surface area contributed by atoms with Gasteiger partial charge in [0.25, 0.3) is 0 Å². The zero-order chi connectivity index (χ0) is 21.4. The van der Waals surface area contributed by atoms with Crippen LogP contribution < -0.4 is 4.74 Å². The molecule has 1 aliphatic carbocycles. The van der Waals surface area contributed by atoms with Gasteiger partial charge in [-0.05, 0) is 62.8 Å². The lowest BCUT2D eigenvalue weighted by atomic mass is 9.93. The largest absolute Gasteiger partial charge is 0.497 e. The minimum atomic E-state index is -2.43.